The van der Waals surface area contributed by atoms with Crippen LogP contribution in [0.2, 0.25) is 0 Å². The second kappa shape index (κ2) is 6.09. The summed E-state index contributed by atoms with van der Waals surface area (Å²) in [5.41, 5.74) is 6.88. The Morgan fingerprint density at radius 3 is 2.56 bits per heavy atom. The van der Waals surface area contributed by atoms with E-state index in [9.17, 15) is 8.42 Å². The van der Waals surface area contributed by atoms with Gasteiger partial charge in [-0.25, -0.2) is 8.42 Å². The molecule has 0 spiro atoms. The minimum atomic E-state index is -3.27. The maximum absolute atomic E-state index is 11.5. The average molecular weight is 270 g/mol. The minimum Gasteiger partial charge on any atom is -0.396 e. The van der Waals surface area contributed by atoms with Crippen LogP contribution in [-0.2, 0) is 9.84 Å². The summed E-state index contributed by atoms with van der Waals surface area (Å²) >= 11 is 0. The number of hydrogen-bond donors (Lipinski definition) is 2. The largest absolute Gasteiger partial charge is 0.396 e. The molecule has 18 heavy (non-hydrogen) atoms. The fourth-order valence-corrected chi connectivity index (χ4v) is 2.59. The van der Waals surface area contributed by atoms with Crippen molar-refractivity contribution in [3.63, 3.8) is 0 Å². The number of sulfone groups is 1. The molecule has 0 unspecified atom stereocenters. The smallest absolute Gasteiger partial charge is 0.177 e. The fourth-order valence-electron chi connectivity index (χ4n) is 1.75. The Bertz CT molecular complexity index is 496. The molecule has 3 N–H and O–H groups in total. The van der Waals surface area contributed by atoms with E-state index in [0.29, 0.717) is 17.3 Å². The summed E-state index contributed by atoms with van der Waals surface area (Å²) in [6.45, 7) is 5.16. The first-order valence-corrected chi connectivity index (χ1v) is 8.04. The summed E-state index contributed by atoms with van der Waals surface area (Å²) in [5.74, 6) is 0.673. The summed E-state index contributed by atoms with van der Waals surface area (Å²) in [4.78, 5) is 0.191. The van der Waals surface area contributed by atoms with Gasteiger partial charge in [-0.05, 0) is 30.9 Å². The second-order valence-corrected chi connectivity index (χ2v) is 6.94. The highest BCUT2D eigenvalue weighted by atomic mass is 32.2. The summed E-state index contributed by atoms with van der Waals surface area (Å²) in [6.07, 6.45) is 3.35. The highest BCUT2D eigenvalue weighted by Crippen LogP contribution is 2.26. The van der Waals surface area contributed by atoms with Crippen molar-refractivity contribution in [3.05, 3.63) is 18.2 Å². The molecule has 0 saturated carbocycles. The average Bonchev–Trinajstić information content (AvgIpc) is 2.24. The summed E-state index contributed by atoms with van der Waals surface area (Å²) in [5, 5.41) is 3.19. The van der Waals surface area contributed by atoms with Gasteiger partial charge in [0.15, 0.2) is 9.84 Å². The Morgan fingerprint density at radius 1 is 1.33 bits per heavy atom. The van der Waals surface area contributed by atoms with Gasteiger partial charge in [-0.1, -0.05) is 19.9 Å². The van der Waals surface area contributed by atoms with Crippen LogP contribution in [-0.4, -0.2) is 21.2 Å². The fraction of sp³-hybridized carbons (Fsp3) is 0.538. The van der Waals surface area contributed by atoms with Crippen LogP contribution in [0, 0.1) is 5.92 Å². The molecule has 0 bridgehead atoms. The number of hydrogen-bond acceptors (Lipinski definition) is 4. The van der Waals surface area contributed by atoms with Crippen molar-refractivity contribution >= 4 is 21.2 Å². The molecular weight excluding hydrogens is 248 g/mol. The molecule has 5 heteroatoms. The van der Waals surface area contributed by atoms with Crippen LogP contribution < -0.4 is 11.1 Å². The highest BCUT2D eigenvalue weighted by molar-refractivity contribution is 7.90. The number of anilines is 2. The van der Waals surface area contributed by atoms with Gasteiger partial charge in [-0.15, -0.1) is 0 Å². The van der Waals surface area contributed by atoms with Crippen molar-refractivity contribution in [3.8, 4) is 0 Å². The molecule has 0 radical (unpaired) electrons. The lowest BCUT2D eigenvalue weighted by molar-refractivity contribution is 0.567. The van der Waals surface area contributed by atoms with Gasteiger partial charge < -0.3 is 11.1 Å². The Balaban J connectivity index is 2.73. The van der Waals surface area contributed by atoms with Crippen molar-refractivity contribution in [1.82, 2.24) is 0 Å². The number of para-hydroxylation sites is 1. The molecule has 0 aliphatic heterocycles. The third kappa shape index (κ3) is 4.22. The zero-order valence-electron chi connectivity index (χ0n) is 11.2. The first kappa shape index (κ1) is 14.8. The van der Waals surface area contributed by atoms with Crippen LogP contribution in [0.5, 0.6) is 0 Å². The Hall–Kier alpha value is -1.23. The standard InChI is InChI=1S/C13H22N2O2S/c1-10(2)6-5-9-15-11-7-4-8-12(13(11)14)18(3,16)17/h4,7-8,10,15H,5-6,9,14H2,1-3H3. The molecule has 0 aliphatic carbocycles. The Kier molecular flexibility index (Phi) is 5.02. The van der Waals surface area contributed by atoms with Crippen molar-refractivity contribution in [2.75, 3.05) is 23.9 Å². The van der Waals surface area contributed by atoms with Gasteiger partial charge in [0.25, 0.3) is 0 Å². The van der Waals surface area contributed by atoms with E-state index < -0.39 is 9.84 Å². The molecule has 0 aromatic heterocycles. The molecule has 0 heterocycles. The maximum atomic E-state index is 11.5. The molecule has 1 aromatic carbocycles. The minimum absolute atomic E-state index is 0.191. The van der Waals surface area contributed by atoms with Crippen molar-refractivity contribution in [1.29, 1.82) is 0 Å². The van der Waals surface area contributed by atoms with Crippen LogP contribution in [0.3, 0.4) is 0 Å². The van der Waals surface area contributed by atoms with Crippen molar-refractivity contribution in [2.45, 2.75) is 31.6 Å². The number of nitrogen functional groups attached to an aromatic ring is 1. The summed E-state index contributed by atoms with van der Waals surface area (Å²) < 4.78 is 23.0. The van der Waals surface area contributed by atoms with E-state index in [1.54, 1.807) is 12.1 Å². The monoisotopic (exact) mass is 270 g/mol. The lowest BCUT2D eigenvalue weighted by Crippen LogP contribution is -2.09. The van der Waals surface area contributed by atoms with Crippen LogP contribution in [0.1, 0.15) is 26.7 Å². The number of benzene rings is 1. The van der Waals surface area contributed by atoms with Gasteiger partial charge >= 0.3 is 0 Å². The lowest BCUT2D eigenvalue weighted by atomic mass is 10.1. The van der Waals surface area contributed by atoms with E-state index in [1.807, 2.05) is 0 Å². The number of nitrogens with one attached hydrogen (secondary N) is 1. The quantitative estimate of drug-likeness (QED) is 0.615. The number of rotatable bonds is 6. The van der Waals surface area contributed by atoms with Gasteiger partial charge in [-0.3, -0.25) is 0 Å². The lowest BCUT2D eigenvalue weighted by Gasteiger charge is -2.12. The van der Waals surface area contributed by atoms with E-state index in [2.05, 4.69) is 19.2 Å². The van der Waals surface area contributed by atoms with Gasteiger partial charge in [-0.2, -0.15) is 0 Å². The molecule has 0 fully saturated rings. The number of nitrogens with two attached hydrogens (primary N) is 1. The molecule has 102 valence electrons. The Labute approximate surface area is 110 Å². The molecule has 1 rings (SSSR count). The molecule has 1 aromatic rings. The van der Waals surface area contributed by atoms with E-state index in [-0.39, 0.29) is 4.90 Å². The first-order chi connectivity index (χ1) is 8.32. The van der Waals surface area contributed by atoms with Crippen LogP contribution in [0.4, 0.5) is 11.4 Å². The molecular formula is C13H22N2O2S. The summed E-state index contributed by atoms with van der Waals surface area (Å²) in [6, 6.07) is 5.04. The second-order valence-electron chi connectivity index (χ2n) is 4.95. The van der Waals surface area contributed by atoms with Gasteiger partial charge in [0, 0.05) is 12.8 Å². The Morgan fingerprint density at radius 2 is 2.00 bits per heavy atom. The molecule has 0 aliphatic rings. The van der Waals surface area contributed by atoms with E-state index in [4.69, 9.17) is 5.73 Å². The molecule has 4 nitrogen and oxygen atoms in total. The third-order valence-electron chi connectivity index (χ3n) is 2.74. The first-order valence-electron chi connectivity index (χ1n) is 6.14. The molecule has 0 amide bonds. The third-order valence-corrected chi connectivity index (χ3v) is 3.89. The van der Waals surface area contributed by atoms with Crippen LogP contribution >= 0.6 is 0 Å². The normalized spacial score (nSPS) is 11.8. The van der Waals surface area contributed by atoms with Crippen molar-refractivity contribution in [2.24, 2.45) is 5.92 Å². The highest BCUT2D eigenvalue weighted by Gasteiger charge is 2.13. The summed E-state index contributed by atoms with van der Waals surface area (Å²) in [7, 11) is -3.27. The van der Waals surface area contributed by atoms with E-state index >= 15 is 0 Å². The predicted octanol–water partition coefficient (Wildman–Crippen LogP) is 2.52. The van der Waals surface area contributed by atoms with Crippen molar-refractivity contribution < 1.29 is 8.42 Å². The zero-order valence-corrected chi connectivity index (χ0v) is 12.0. The van der Waals surface area contributed by atoms with E-state index in [0.717, 1.165) is 19.4 Å². The molecule has 0 saturated heterocycles. The van der Waals surface area contributed by atoms with Gasteiger partial charge in [0.2, 0.25) is 0 Å². The molecule has 0 atom stereocenters. The van der Waals surface area contributed by atoms with Crippen LogP contribution in [0.25, 0.3) is 0 Å². The topological polar surface area (TPSA) is 72.2 Å². The zero-order chi connectivity index (χ0) is 13.8. The van der Waals surface area contributed by atoms with Crippen LogP contribution in [0.15, 0.2) is 23.1 Å². The van der Waals surface area contributed by atoms with E-state index in [1.165, 1.54) is 12.3 Å². The predicted molar refractivity (Wildman–Crippen MR) is 76.5 cm³/mol. The van der Waals surface area contributed by atoms with Gasteiger partial charge in [0.1, 0.15) is 0 Å². The maximum Gasteiger partial charge on any atom is 0.177 e. The SMILES string of the molecule is CC(C)CCCNc1cccc(S(C)(=O)=O)c1N. The van der Waals surface area contributed by atoms with Gasteiger partial charge in [0.05, 0.1) is 16.3 Å².